The molecule has 1 aromatic carbocycles. The van der Waals surface area contributed by atoms with Crippen molar-refractivity contribution in [3.05, 3.63) is 48.7 Å². The molecule has 2 aliphatic rings. The Hall–Kier alpha value is -1.87. The fourth-order valence-corrected chi connectivity index (χ4v) is 4.34. The Morgan fingerprint density at radius 3 is 3.09 bits per heavy atom. The van der Waals surface area contributed by atoms with Gasteiger partial charge in [0.2, 0.25) is 0 Å². The summed E-state index contributed by atoms with van der Waals surface area (Å²) < 4.78 is 5.38. The number of nitrogens with zero attached hydrogens (tertiary/aromatic N) is 2. The Kier molecular flexibility index (Phi) is 3.38. The first-order valence-corrected chi connectivity index (χ1v) is 8.10. The van der Waals surface area contributed by atoms with Crippen LogP contribution in [-0.2, 0) is 6.42 Å². The number of aromatic nitrogens is 1. The van der Waals surface area contributed by atoms with E-state index in [-0.39, 0.29) is 0 Å². The molecular weight excluding hydrogens is 272 g/mol. The second-order valence-electron chi connectivity index (χ2n) is 6.46. The number of ether oxygens (including phenoxy) is 1. The van der Waals surface area contributed by atoms with E-state index in [4.69, 9.17) is 4.74 Å². The Morgan fingerprint density at radius 2 is 2.32 bits per heavy atom. The Bertz CT molecular complexity index is 712. The van der Waals surface area contributed by atoms with Crippen molar-refractivity contribution < 1.29 is 4.74 Å². The van der Waals surface area contributed by atoms with Gasteiger partial charge in [-0.15, -0.1) is 6.58 Å². The normalized spacial score (nSPS) is 29.9. The van der Waals surface area contributed by atoms with E-state index in [1.807, 2.05) is 18.3 Å². The summed E-state index contributed by atoms with van der Waals surface area (Å²) in [6, 6.07) is 9.54. The lowest BCUT2D eigenvalue weighted by Crippen LogP contribution is -2.34. The molecule has 4 unspecified atom stereocenters. The first-order chi connectivity index (χ1) is 10.8. The van der Waals surface area contributed by atoms with Crippen molar-refractivity contribution >= 4 is 10.9 Å². The SMILES string of the molecule is C=CC1C2CCN1C(Cc1ccnc3ccc(OC)cc13)C2. The first kappa shape index (κ1) is 13.8. The molecule has 2 aromatic rings. The molecule has 0 saturated carbocycles. The van der Waals surface area contributed by atoms with Crippen molar-refractivity contribution in [3.63, 3.8) is 0 Å². The molecule has 2 aliphatic heterocycles. The maximum Gasteiger partial charge on any atom is 0.119 e. The average molecular weight is 294 g/mol. The predicted octanol–water partition coefficient (Wildman–Crippen LogP) is 3.43. The van der Waals surface area contributed by atoms with E-state index in [2.05, 4.69) is 34.7 Å². The van der Waals surface area contributed by atoms with E-state index in [0.717, 1.165) is 23.6 Å². The van der Waals surface area contributed by atoms with Crippen LogP contribution in [0.5, 0.6) is 5.75 Å². The van der Waals surface area contributed by atoms with Gasteiger partial charge >= 0.3 is 0 Å². The lowest BCUT2D eigenvalue weighted by Gasteiger charge is -2.26. The summed E-state index contributed by atoms with van der Waals surface area (Å²) >= 11 is 0. The van der Waals surface area contributed by atoms with Crippen LogP contribution in [0.25, 0.3) is 10.9 Å². The molecule has 2 fully saturated rings. The van der Waals surface area contributed by atoms with Crippen LogP contribution in [0, 0.1) is 5.92 Å². The molecule has 2 bridgehead atoms. The van der Waals surface area contributed by atoms with Gasteiger partial charge in [-0.2, -0.15) is 0 Å². The number of hydrogen-bond donors (Lipinski definition) is 0. The lowest BCUT2D eigenvalue weighted by atomic mass is 9.92. The van der Waals surface area contributed by atoms with Crippen LogP contribution >= 0.6 is 0 Å². The monoisotopic (exact) mass is 294 g/mol. The number of fused-ring (bicyclic) bond motifs is 3. The summed E-state index contributed by atoms with van der Waals surface area (Å²) in [5.74, 6) is 1.71. The van der Waals surface area contributed by atoms with Crippen LogP contribution in [0.3, 0.4) is 0 Å². The number of rotatable bonds is 4. The summed E-state index contributed by atoms with van der Waals surface area (Å²) in [4.78, 5) is 7.13. The highest BCUT2D eigenvalue weighted by atomic mass is 16.5. The molecule has 22 heavy (non-hydrogen) atoms. The van der Waals surface area contributed by atoms with Crippen LogP contribution in [-0.4, -0.2) is 35.6 Å². The molecule has 3 heterocycles. The molecular formula is C19H22N2O. The number of hydrogen-bond acceptors (Lipinski definition) is 3. The molecule has 3 heteroatoms. The fraction of sp³-hybridized carbons (Fsp3) is 0.421. The highest BCUT2D eigenvalue weighted by Gasteiger charge is 2.44. The molecule has 114 valence electrons. The number of piperidine rings is 1. The highest BCUT2D eigenvalue weighted by Crippen LogP contribution is 2.41. The third kappa shape index (κ3) is 2.12. The van der Waals surface area contributed by atoms with Gasteiger partial charge in [0, 0.05) is 23.7 Å². The summed E-state index contributed by atoms with van der Waals surface area (Å²) in [6.45, 7) is 5.25. The van der Waals surface area contributed by atoms with Crippen molar-refractivity contribution in [2.45, 2.75) is 31.3 Å². The van der Waals surface area contributed by atoms with Gasteiger partial charge in [0.25, 0.3) is 0 Å². The van der Waals surface area contributed by atoms with Crippen molar-refractivity contribution in [2.24, 2.45) is 5.92 Å². The van der Waals surface area contributed by atoms with Gasteiger partial charge in [0.05, 0.1) is 12.6 Å². The van der Waals surface area contributed by atoms with Crippen LogP contribution < -0.4 is 4.74 Å². The first-order valence-electron chi connectivity index (χ1n) is 8.10. The summed E-state index contributed by atoms with van der Waals surface area (Å²) in [6.07, 6.45) is 7.79. The minimum atomic E-state index is 0.590. The van der Waals surface area contributed by atoms with Crippen molar-refractivity contribution in [3.8, 4) is 5.75 Å². The second kappa shape index (κ2) is 5.40. The smallest absolute Gasteiger partial charge is 0.119 e. The van der Waals surface area contributed by atoms with Gasteiger partial charge in [0.1, 0.15) is 5.75 Å². The van der Waals surface area contributed by atoms with Gasteiger partial charge in [-0.3, -0.25) is 9.88 Å². The zero-order chi connectivity index (χ0) is 15.1. The van der Waals surface area contributed by atoms with Gasteiger partial charge in [-0.1, -0.05) is 6.08 Å². The molecule has 3 nitrogen and oxygen atoms in total. The van der Waals surface area contributed by atoms with Crippen LogP contribution in [0.15, 0.2) is 43.1 Å². The van der Waals surface area contributed by atoms with E-state index < -0.39 is 0 Å². The second-order valence-corrected chi connectivity index (χ2v) is 6.46. The van der Waals surface area contributed by atoms with Gasteiger partial charge in [-0.25, -0.2) is 0 Å². The Morgan fingerprint density at radius 1 is 1.41 bits per heavy atom. The maximum atomic E-state index is 5.38. The van der Waals surface area contributed by atoms with Gasteiger partial charge in [0.15, 0.2) is 0 Å². The molecule has 0 spiro atoms. The molecule has 0 aliphatic carbocycles. The van der Waals surface area contributed by atoms with Crippen molar-refractivity contribution in [2.75, 3.05) is 13.7 Å². The zero-order valence-electron chi connectivity index (χ0n) is 13.0. The topological polar surface area (TPSA) is 25.4 Å². The van der Waals surface area contributed by atoms with Crippen molar-refractivity contribution in [1.29, 1.82) is 0 Å². The molecule has 0 radical (unpaired) electrons. The Labute approximate surface area is 131 Å². The molecule has 4 atom stereocenters. The van der Waals surface area contributed by atoms with Crippen LogP contribution in [0.4, 0.5) is 0 Å². The number of benzene rings is 1. The summed E-state index contributed by atoms with van der Waals surface area (Å²) in [5, 5.41) is 1.22. The molecule has 2 saturated heterocycles. The highest BCUT2D eigenvalue weighted by molar-refractivity contribution is 5.83. The fourth-order valence-electron chi connectivity index (χ4n) is 4.34. The van der Waals surface area contributed by atoms with E-state index in [1.165, 1.54) is 30.3 Å². The van der Waals surface area contributed by atoms with Gasteiger partial charge < -0.3 is 4.74 Å². The van der Waals surface area contributed by atoms with Crippen LogP contribution in [0.1, 0.15) is 18.4 Å². The molecule has 4 rings (SSSR count). The number of methoxy groups -OCH3 is 1. The largest absolute Gasteiger partial charge is 0.497 e. The third-order valence-electron chi connectivity index (χ3n) is 5.40. The quantitative estimate of drug-likeness (QED) is 0.808. The van der Waals surface area contributed by atoms with Crippen LogP contribution in [0.2, 0.25) is 0 Å². The molecule has 0 N–H and O–H groups in total. The minimum absolute atomic E-state index is 0.590. The third-order valence-corrected chi connectivity index (χ3v) is 5.40. The number of pyridine rings is 1. The minimum Gasteiger partial charge on any atom is -0.497 e. The maximum absolute atomic E-state index is 5.38. The van der Waals surface area contributed by atoms with E-state index >= 15 is 0 Å². The van der Waals surface area contributed by atoms with E-state index in [0.29, 0.717) is 12.1 Å². The lowest BCUT2D eigenvalue weighted by molar-refractivity contribution is 0.239. The Balaban J connectivity index is 1.66. The average Bonchev–Trinajstić information content (AvgIpc) is 3.11. The van der Waals surface area contributed by atoms with E-state index in [9.17, 15) is 0 Å². The van der Waals surface area contributed by atoms with E-state index in [1.54, 1.807) is 7.11 Å². The zero-order valence-corrected chi connectivity index (χ0v) is 13.0. The van der Waals surface area contributed by atoms with Crippen molar-refractivity contribution in [1.82, 2.24) is 9.88 Å². The molecule has 0 amide bonds. The molecule has 1 aromatic heterocycles. The summed E-state index contributed by atoms with van der Waals surface area (Å²) in [7, 11) is 1.72. The standard InChI is InChI=1S/C19H22N2O/c1-3-19-14-7-9-21(19)15(11-14)10-13-6-8-20-18-5-4-16(22-2)12-17(13)18/h3-6,8,12,14-15,19H,1,7,9-11H2,2H3. The predicted molar refractivity (Wildman–Crippen MR) is 89.2 cm³/mol. The van der Waals surface area contributed by atoms with Gasteiger partial charge in [-0.05, 0) is 61.6 Å². The summed E-state index contributed by atoms with van der Waals surface area (Å²) in [5.41, 5.74) is 2.43.